The number of benzene rings is 1. The fraction of sp³-hybridized carbons (Fsp3) is 0.588. The third-order valence-electron chi connectivity index (χ3n) is 4.56. The molecule has 0 radical (unpaired) electrons. The van der Waals surface area contributed by atoms with E-state index >= 15 is 0 Å². The van der Waals surface area contributed by atoms with Gasteiger partial charge in [0, 0.05) is 31.1 Å². The second-order valence-electron chi connectivity index (χ2n) is 6.52. The van der Waals surface area contributed by atoms with Gasteiger partial charge in [-0.3, -0.25) is 4.79 Å². The second-order valence-corrected chi connectivity index (χ2v) is 6.52. The van der Waals surface area contributed by atoms with Crippen molar-refractivity contribution < 1.29 is 4.79 Å². The largest absolute Gasteiger partial charge is 0.339 e. The molecule has 1 aromatic rings. The molecule has 0 aromatic heterocycles. The van der Waals surface area contributed by atoms with E-state index in [9.17, 15) is 4.79 Å². The van der Waals surface area contributed by atoms with Crippen molar-refractivity contribution in [3.8, 4) is 0 Å². The van der Waals surface area contributed by atoms with Gasteiger partial charge in [-0.05, 0) is 44.2 Å². The first kappa shape index (κ1) is 13.6. The van der Waals surface area contributed by atoms with E-state index in [4.69, 9.17) is 0 Å². The van der Waals surface area contributed by atoms with Gasteiger partial charge in [-0.1, -0.05) is 24.3 Å². The summed E-state index contributed by atoms with van der Waals surface area (Å²) in [5, 5.41) is 3.48. The fourth-order valence-electron chi connectivity index (χ4n) is 3.56. The van der Waals surface area contributed by atoms with Crippen molar-refractivity contribution in [3.63, 3.8) is 0 Å². The molecule has 3 heteroatoms. The first-order valence-electron chi connectivity index (χ1n) is 7.66. The lowest BCUT2D eigenvalue weighted by Gasteiger charge is -2.36. The van der Waals surface area contributed by atoms with Gasteiger partial charge in [-0.25, -0.2) is 0 Å². The molecular formula is C17H24N2O. The van der Waals surface area contributed by atoms with Gasteiger partial charge in [-0.2, -0.15) is 0 Å². The zero-order valence-corrected chi connectivity index (χ0v) is 12.6. The Balaban J connectivity index is 1.67. The summed E-state index contributed by atoms with van der Waals surface area (Å²) in [6.45, 7) is 8.15. The van der Waals surface area contributed by atoms with E-state index in [1.165, 1.54) is 11.1 Å². The van der Waals surface area contributed by atoms with Crippen LogP contribution >= 0.6 is 0 Å². The minimum absolute atomic E-state index is 0.216. The maximum absolute atomic E-state index is 12.6. The number of hydrogen-bond acceptors (Lipinski definition) is 2. The molecule has 1 saturated heterocycles. The number of nitrogens with one attached hydrogen (secondary N) is 1. The molecule has 108 valence electrons. The van der Waals surface area contributed by atoms with Crippen molar-refractivity contribution in [2.45, 2.75) is 45.2 Å². The van der Waals surface area contributed by atoms with Gasteiger partial charge in [0.05, 0.1) is 0 Å². The average molecular weight is 272 g/mol. The molecule has 1 amide bonds. The molecule has 20 heavy (non-hydrogen) atoms. The van der Waals surface area contributed by atoms with E-state index in [0.717, 1.165) is 19.5 Å². The molecule has 1 saturated carbocycles. The molecule has 3 nitrogen and oxygen atoms in total. The zero-order chi connectivity index (χ0) is 14.3. The highest BCUT2D eigenvalue weighted by atomic mass is 16.2. The second kappa shape index (κ2) is 5.21. The maximum Gasteiger partial charge on any atom is 0.226 e. The van der Waals surface area contributed by atoms with Crippen LogP contribution < -0.4 is 5.32 Å². The van der Waals surface area contributed by atoms with Gasteiger partial charge in [0.2, 0.25) is 5.91 Å². The molecule has 0 spiro atoms. The van der Waals surface area contributed by atoms with Crippen LogP contribution in [-0.4, -0.2) is 36.0 Å². The Labute approximate surface area is 121 Å². The van der Waals surface area contributed by atoms with E-state index in [0.29, 0.717) is 23.9 Å². The van der Waals surface area contributed by atoms with Crippen molar-refractivity contribution in [2.75, 3.05) is 13.1 Å². The number of hydrogen-bond donors (Lipinski definition) is 1. The normalized spacial score (nSPS) is 33.0. The number of rotatable bonds is 2. The van der Waals surface area contributed by atoms with Crippen molar-refractivity contribution >= 4 is 5.91 Å². The molecule has 1 aromatic carbocycles. The molecule has 0 unspecified atom stereocenters. The molecule has 2 fully saturated rings. The first-order chi connectivity index (χ1) is 9.56. The molecule has 2 aliphatic rings. The summed E-state index contributed by atoms with van der Waals surface area (Å²) in [4.78, 5) is 14.7. The number of amides is 1. The third kappa shape index (κ3) is 2.59. The van der Waals surface area contributed by atoms with Crippen molar-refractivity contribution in [2.24, 2.45) is 5.92 Å². The number of nitrogens with zero attached hydrogens (tertiary/aromatic N) is 1. The molecule has 1 N–H and O–H groups in total. The van der Waals surface area contributed by atoms with Gasteiger partial charge in [0.25, 0.3) is 0 Å². The van der Waals surface area contributed by atoms with Gasteiger partial charge in [0.1, 0.15) is 0 Å². The lowest BCUT2D eigenvalue weighted by molar-refractivity contribution is -0.134. The van der Waals surface area contributed by atoms with E-state index in [-0.39, 0.29) is 5.92 Å². The van der Waals surface area contributed by atoms with E-state index in [2.05, 4.69) is 55.3 Å². The summed E-state index contributed by atoms with van der Waals surface area (Å²) in [7, 11) is 0. The van der Waals surface area contributed by atoms with Crippen LogP contribution in [0.2, 0.25) is 0 Å². The SMILES string of the molecule is Cc1ccccc1[C@@H]1C[C@@H]1C(=O)N1C[C@H](C)N[C@@H](C)C1. The van der Waals surface area contributed by atoms with E-state index < -0.39 is 0 Å². The summed E-state index contributed by atoms with van der Waals surface area (Å²) >= 11 is 0. The van der Waals surface area contributed by atoms with Gasteiger partial charge >= 0.3 is 0 Å². The summed E-state index contributed by atoms with van der Waals surface area (Å²) in [6.07, 6.45) is 1.02. The van der Waals surface area contributed by atoms with Crippen LogP contribution in [0.5, 0.6) is 0 Å². The van der Waals surface area contributed by atoms with Gasteiger partial charge in [0.15, 0.2) is 0 Å². The zero-order valence-electron chi connectivity index (χ0n) is 12.6. The van der Waals surface area contributed by atoms with Crippen LogP contribution in [0.15, 0.2) is 24.3 Å². The summed E-state index contributed by atoms with van der Waals surface area (Å²) in [5.74, 6) is 1.02. The van der Waals surface area contributed by atoms with Crippen LogP contribution in [-0.2, 0) is 4.79 Å². The van der Waals surface area contributed by atoms with Crippen LogP contribution in [0, 0.1) is 12.8 Å². The van der Waals surface area contributed by atoms with Crippen molar-refractivity contribution in [1.29, 1.82) is 0 Å². The Morgan fingerprint density at radius 2 is 1.85 bits per heavy atom. The quantitative estimate of drug-likeness (QED) is 0.896. The van der Waals surface area contributed by atoms with Crippen LogP contribution in [0.1, 0.15) is 37.3 Å². The van der Waals surface area contributed by atoms with E-state index in [1.807, 2.05) is 0 Å². The highest BCUT2D eigenvalue weighted by Gasteiger charge is 2.46. The number of aryl methyl sites for hydroxylation is 1. The molecule has 3 rings (SSSR count). The lowest BCUT2D eigenvalue weighted by atomic mass is 10.0. The smallest absolute Gasteiger partial charge is 0.226 e. The third-order valence-corrected chi connectivity index (χ3v) is 4.56. The Morgan fingerprint density at radius 3 is 2.50 bits per heavy atom. The summed E-state index contributed by atoms with van der Waals surface area (Å²) < 4.78 is 0. The van der Waals surface area contributed by atoms with Gasteiger partial charge < -0.3 is 10.2 Å². The van der Waals surface area contributed by atoms with Gasteiger partial charge in [-0.15, -0.1) is 0 Å². The maximum atomic E-state index is 12.6. The van der Waals surface area contributed by atoms with Crippen LogP contribution in [0.25, 0.3) is 0 Å². The Morgan fingerprint density at radius 1 is 1.20 bits per heavy atom. The molecule has 0 bridgehead atoms. The molecule has 4 atom stereocenters. The number of piperazine rings is 1. The summed E-state index contributed by atoms with van der Waals surface area (Å²) in [5.41, 5.74) is 2.68. The monoisotopic (exact) mass is 272 g/mol. The Bertz CT molecular complexity index is 503. The number of carbonyl (C=O) groups is 1. The Kier molecular flexibility index (Phi) is 3.55. The predicted molar refractivity (Wildman–Crippen MR) is 80.7 cm³/mol. The minimum Gasteiger partial charge on any atom is -0.339 e. The fourth-order valence-corrected chi connectivity index (χ4v) is 3.56. The topological polar surface area (TPSA) is 32.3 Å². The Hall–Kier alpha value is -1.35. The minimum atomic E-state index is 0.216. The molecule has 1 heterocycles. The first-order valence-corrected chi connectivity index (χ1v) is 7.66. The summed E-state index contributed by atoms with van der Waals surface area (Å²) in [6, 6.07) is 9.27. The van der Waals surface area contributed by atoms with Crippen molar-refractivity contribution in [3.05, 3.63) is 35.4 Å². The molecule has 1 aliphatic heterocycles. The number of carbonyl (C=O) groups excluding carboxylic acids is 1. The molecule has 1 aliphatic carbocycles. The average Bonchev–Trinajstić information content (AvgIpc) is 3.17. The van der Waals surface area contributed by atoms with Crippen molar-refractivity contribution in [1.82, 2.24) is 10.2 Å². The highest BCUT2D eigenvalue weighted by Crippen LogP contribution is 2.49. The highest BCUT2D eigenvalue weighted by molar-refractivity contribution is 5.83. The van der Waals surface area contributed by atoms with E-state index in [1.54, 1.807) is 0 Å². The molecular weight excluding hydrogens is 248 g/mol. The lowest BCUT2D eigenvalue weighted by Crippen LogP contribution is -2.56. The van der Waals surface area contributed by atoms with Crippen LogP contribution in [0.3, 0.4) is 0 Å². The van der Waals surface area contributed by atoms with Crippen LogP contribution in [0.4, 0.5) is 0 Å². The standard InChI is InChI=1S/C17H24N2O/c1-11-6-4-5-7-14(11)15-8-16(15)17(20)19-9-12(2)18-13(3)10-19/h4-7,12-13,15-16,18H,8-10H2,1-3H3/t12-,13-,15-,16-/m0/s1. The predicted octanol–water partition coefficient (Wildman–Crippen LogP) is 2.31.